The van der Waals surface area contributed by atoms with Crippen LogP contribution >= 0.6 is 23.2 Å². The number of aromatic nitrogens is 1. The molecule has 2 aromatic heterocycles. The Bertz CT molecular complexity index is 820. The molecule has 2 heterocycles. The standard InChI is InChI=1S/C15H10Cl2N2O2/c1-8-6-12(16)18-14(17)13(8)19-15(20)10-7-21-11-5-3-2-4-9(10)11/h2-7H,1H3,(H,19,20). The lowest BCUT2D eigenvalue weighted by Gasteiger charge is -2.09. The van der Waals surface area contributed by atoms with Crippen LogP contribution in [0.3, 0.4) is 0 Å². The molecule has 0 saturated heterocycles. The Morgan fingerprint density at radius 1 is 1.29 bits per heavy atom. The van der Waals surface area contributed by atoms with Crippen LogP contribution in [0.15, 0.2) is 41.0 Å². The second kappa shape index (κ2) is 5.39. The molecule has 1 N–H and O–H groups in total. The first kappa shape index (κ1) is 13.9. The summed E-state index contributed by atoms with van der Waals surface area (Å²) < 4.78 is 5.36. The van der Waals surface area contributed by atoms with E-state index in [-0.39, 0.29) is 16.2 Å². The van der Waals surface area contributed by atoms with Crippen molar-refractivity contribution < 1.29 is 9.21 Å². The largest absolute Gasteiger partial charge is 0.463 e. The molecule has 0 aliphatic carbocycles. The van der Waals surface area contributed by atoms with Gasteiger partial charge in [-0.3, -0.25) is 4.79 Å². The van der Waals surface area contributed by atoms with Crippen LogP contribution in [0.2, 0.25) is 10.3 Å². The number of anilines is 1. The minimum atomic E-state index is -0.311. The fraction of sp³-hybridized carbons (Fsp3) is 0.0667. The number of nitrogens with zero attached hydrogens (tertiary/aromatic N) is 1. The van der Waals surface area contributed by atoms with Gasteiger partial charge in [0, 0.05) is 5.39 Å². The van der Waals surface area contributed by atoms with Gasteiger partial charge in [-0.15, -0.1) is 0 Å². The molecule has 6 heteroatoms. The number of carbonyl (C=O) groups excluding carboxylic acids is 1. The SMILES string of the molecule is Cc1cc(Cl)nc(Cl)c1NC(=O)c1coc2ccccc12. The van der Waals surface area contributed by atoms with E-state index in [2.05, 4.69) is 10.3 Å². The maximum absolute atomic E-state index is 12.4. The maximum Gasteiger partial charge on any atom is 0.259 e. The summed E-state index contributed by atoms with van der Waals surface area (Å²) in [6.45, 7) is 1.79. The monoisotopic (exact) mass is 320 g/mol. The molecule has 0 fully saturated rings. The van der Waals surface area contributed by atoms with Gasteiger partial charge in [-0.1, -0.05) is 41.4 Å². The highest BCUT2D eigenvalue weighted by Gasteiger charge is 2.16. The number of furan rings is 1. The fourth-order valence-corrected chi connectivity index (χ4v) is 2.66. The Balaban J connectivity index is 1.97. The Labute approximate surface area is 130 Å². The van der Waals surface area contributed by atoms with E-state index in [0.29, 0.717) is 16.8 Å². The van der Waals surface area contributed by atoms with E-state index in [1.54, 1.807) is 19.1 Å². The van der Waals surface area contributed by atoms with Crippen molar-refractivity contribution in [2.75, 3.05) is 5.32 Å². The molecule has 3 rings (SSSR count). The average Bonchev–Trinajstić information content (AvgIpc) is 2.86. The zero-order valence-electron chi connectivity index (χ0n) is 11.0. The number of benzene rings is 1. The van der Waals surface area contributed by atoms with Crippen molar-refractivity contribution in [1.29, 1.82) is 0 Å². The Morgan fingerprint density at radius 2 is 2.05 bits per heavy atom. The molecule has 3 aromatic rings. The predicted molar refractivity (Wildman–Crippen MR) is 83.2 cm³/mol. The highest BCUT2D eigenvalue weighted by Crippen LogP contribution is 2.28. The fourth-order valence-electron chi connectivity index (χ4n) is 2.08. The van der Waals surface area contributed by atoms with Crippen LogP contribution in [-0.4, -0.2) is 10.9 Å². The van der Waals surface area contributed by atoms with Gasteiger partial charge in [0.25, 0.3) is 5.91 Å². The van der Waals surface area contributed by atoms with E-state index in [9.17, 15) is 4.79 Å². The molecule has 0 saturated carbocycles. The van der Waals surface area contributed by atoms with Crippen molar-refractivity contribution in [2.24, 2.45) is 0 Å². The van der Waals surface area contributed by atoms with Crippen LogP contribution in [0.25, 0.3) is 11.0 Å². The van der Waals surface area contributed by atoms with Gasteiger partial charge in [0.05, 0.1) is 11.3 Å². The number of halogens is 2. The van der Waals surface area contributed by atoms with Crippen LogP contribution in [-0.2, 0) is 0 Å². The molecule has 0 aliphatic heterocycles. The van der Waals surface area contributed by atoms with Crippen LogP contribution in [0.4, 0.5) is 5.69 Å². The maximum atomic E-state index is 12.4. The molecule has 1 aromatic carbocycles. The number of amides is 1. The van der Waals surface area contributed by atoms with E-state index in [1.807, 2.05) is 18.2 Å². The molecule has 0 aliphatic rings. The van der Waals surface area contributed by atoms with Gasteiger partial charge < -0.3 is 9.73 Å². The summed E-state index contributed by atoms with van der Waals surface area (Å²) in [7, 11) is 0. The summed E-state index contributed by atoms with van der Waals surface area (Å²) in [6.07, 6.45) is 1.42. The van der Waals surface area contributed by atoms with Gasteiger partial charge in [0.15, 0.2) is 5.15 Å². The number of hydrogen-bond donors (Lipinski definition) is 1. The summed E-state index contributed by atoms with van der Waals surface area (Å²) in [5.74, 6) is -0.311. The smallest absolute Gasteiger partial charge is 0.259 e. The van der Waals surface area contributed by atoms with Gasteiger partial charge in [0.2, 0.25) is 0 Å². The molecule has 21 heavy (non-hydrogen) atoms. The molecule has 1 amide bonds. The summed E-state index contributed by atoms with van der Waals surface area (Å²) >= 11 is 11.8. The predicted octanol–water partition coefficient (Wildman–Crippen LogP) is 4.70. The molecule has 0 bridgehead atoms. The minimum absolute atomic E-state index is 0.154. The van der Waals surface area contributed by atoms with Crippen molar-refractivity contribution in [3.63, 3.8) is 0 Å². The van der Waals surface area contributed by atoms with E-state index in [1.165, 1.54) is 6.26 Å². The highest BCUT2D eigenvalue weighted by atomic mass is 35.5. The van der Waals surface area contributed by atoms with Gasteiger partial charge in [-0.25, -0.2) is 4.98 Å². The number of aryl methyl sites for hydroxylation is 1. The first-order valence-corrected chi connectivity index (χ1v) is 6.92. The van der Waals surface area contributed by atoms with Crippen molar-refractivity contribution in [3.8, 4) is 0 Å². The van der Waals surface area contributed by atoms with E-state index in [4.69, 9.17) is 27.6 Å². The third kappa shape index (κ3) is 2.60. The Morgan fingerprint density at radius 3 is 2.81 bits per heavy atom. The summed E-state index contributed by atoms with van der Waals surface area (Å²) in [4.78, 5) is 16.3. The van der Waals surface area contributed by atoms with E-state index < -0.39 is 0 Å². The normalized spacial score (nSPS) is 10.8. The molecule has 0 unspecified atom stereocenters. The third-order valence-electron chi connectivity index (χ3n) is 3.11. The number of nitrogens with one attached hydrogen (secondary N) is 1. The van der Waals surface area contributed by atoms with Crippen LogP contribution in [0, 0.1) is 6.92 Å². The van der Waals surface area contributed by atoms with Crippen molar-refractivity contribution in [2.45, 2.75) is 6.92 Å². The first-order chi connectivity index (χ1) is 10.1. The van der Waals surface area contributed by atoms with Gasteiger partial charge in [-0.2, -0.15) is 0 Å². The zero-order valence-corrected chi connectivity index (χ0v) is 12.5. The van der Waals surface area contributed by atoms with Gasteiger partial charge in [0.1, 0.15) is 17.0 Å². The quantitative estimate of drug-likeness (QED) is 0.696. The topological polar surface area (TPSA) is 55.1 Å². The van der Waals surface area contributed by atoms with Crippen molar-refractivity contribution in [3.05, 3.63) is 58.0 Å². The van der Waals surface area contributed by atoms with Crippen LogP contribution in [0.1, 0.15) is 15.9 Å². The van der Waals surface area contributed by atoms with Crippen LogP contribution < -0.4 is 5.32 Å². The number of fused-ring (bicyclic) bond motifs is 1. The third-order valence-corrected chi connectivity index (χ3v) is 3.57. The Kier molecular flexibility index (Phi) is 3.57. The molecular weight excluding hydrogens is 311 g/mol. The molecular formula is C15H10Cl2N2O2. The minimum Gasteiger partial charge on any atom is -0.463 e. The molecule has 0 spiro atoms. The molecule has 0 radical (unpaired) electrons. The number of pyridine rings is 1. The average molecular weight is 321 g/mol. The lowest BCUT2D eigenvalue weighted by molar-refractivity contribution is 0.102. The lowest BCUT2D eigenvalue weighted by atomic mass is 10.1. The molecule has 0 atom stereocenters. The number of rotatable bonds is 2. The summed E-state index contributed by atoms with van der Waals surface area (Å²) in [5.41, 5.74) is 2.27. The van der Waals surface area contributed by atoms with E-state index >= 15 is 0 Å². The lowest BCUT2D eigenvalue weighted by Crippen LogP contribution is -2.13. The zero-order chi connectivity index (χ0) is 15.0. The second-order valence-corrected chi connectivity index (χ2v) is 5.27. The van der Waals surface area contributed by atoms with E-state index in [0.717, 1.165) is 10.9 Å². The highest BCUT2D eigenvalue weighted by molar-refractivity contribution is 6.35. The number of hydrogen-bond acceptors (Lipinski definition) is 3. The van der Waals surface area contributed by atoms with Crippen molar-refractivity contribution >= 4 is 45.8 Å². The molecule has 106 valence electrons. The summed E-state index contributed by atoms with van der Waals surface area (Å²) in [5, 5.41) is 3.93. The number of para-hydroxylation sites is 1. The van der Waals surface area contributed by atoms with Gasteiger partial charge in [-0.05, 0) is 24.6 Å². The Hall–Kier alpha value is -2.04. The summed E-state index contributed by atoms with van der Waals surface area (Å²) in [6, 6.07) is 8.95. The van der Waals surface area contributed by atoms with Crippen LogP contribution in [0.5, 0.6) is 0 Å². The first-order valence-electron chi connectivity index (χ1n) is 6.16. The number of carbonyl (C=O) groups is 1. The second-order valence-electron chi connectivity index (χ2n) is 4.53. The van der Waals surface area contributed by atoms with Gasteiger partial charge >= 0.3 is 0 Å². The molecule has 4 nitrogen and oxygen atoms in total. The van der Waals surface area contributed by atoms with Crippen molar-refractivity contribution in [1.82, 2.24) is 4.98 Å².